The molecular weight excluding hydrogens is 212 g/mol. The van der Waals surface area contributed by atoms with Gasteiger partial charge >= 0.3 is 5.97 Å². The second kappa shape index (κ2) is 3.93. The Bertz CT molecular complexity index is 326. The van der Waals surface area contributed by atoms with E-state index in [0.717, 1.165) is 0 Å². The van der Waals surface area contributed by atoms with Gasteiger partial charge in [-0.1, -0.05) is 22.9 Å². The first kappa shape index (κ1) is 10.3. The molecule has 0 saturated heterocycles. The van der Waals surface area contributed by atoms with E-state index in [2.05, 4.69) is 4.98 Å². The predicted octanol–water partition coefficient (Wildman–Crippen LogP) is 2.00. The molecule has 1 heterocycles. The first-order chi connectivity index (χ1) is 6.00. The van der Waals surface area contributed by atoms with E-state index in [-0.39, 0.29) is 5.97 Å². The van der Waals surface area contributed by atoms with Crippen molar-refractivity contribution in [3.05, 3.63) is 10.0 Å². The van der Waals surface area contributed by atoms with Gasteiger partial charge in [-0.25, -0.2) is 4.98 Å². The second-order valence-electron chi connectivity index (χ2n) is 2.46. The Morgan fingerprint density at radius 1 is 1.77 bits per heavy atom. The van der Waals surface area contributed by atoms with Crippen LogP contribution in [-0.2, 0) is 9.53 Å². The summed E-state index contributed by atoms with van der Waals surface area (Å²) in [7, 11) is 0. The van der Waals surface area contributed by atoms with Gasteiger partial charge in [0, 0.05) is 6.92 Å². The summed E-state index contributed by atoms with van der Waals surface area (Å²) >= 11 is 6.97. The fraction of sp³-hybridized carbons (Fsp3) is 0.429. The number of aromatic nitrogens is 1. The van der Waals surface area contributed by atoms with Crippen LogP contribution in [0, 0.1) is 0 Å². The first-order valence-corrected chi connectivity index (χ1v) is 4.79. The topological polar surface area (TPSA) is 65.2 Å². The van der Waals surface area contributed by atoms with Crippen molar-refractivity contribution in [2.45, 2.75) is 20.0 Å². The van der Waals surface area contributed by atoms with Crippen molar-refractivity contribution in [2.24, 2.45) is 0 Å². The number of nitrogens with zero attached hydrogens (tertiary/aromatic N) is 1. The van der Waals surface area contributed by atoms with Crippen molar-refractivity contribution in [3.63, 3.8) is 0 Å². The minimum atomic E-state index is -0.446. The smallest absolute Gasteiger partial charge is 0.303 e. The second-order valence-corrected chi connectivity index (χ2v) is 4.10. The monoisotopic (exact) mass is 220 g/mol. The van der Waals surface area contributed by atoms with Crippen molar-refractivity contribution in [1.82, 2.24) is 4.98 Å². The molecule has 0 aliphatic rings. The summed E-state index contributed by atoms with van der Waals surface area (Å²) in [4.78, 5) is 14.6. The highest BCUT2D eigenvalue weighted by molar-refractivity contribution is 7.19. The zero-order chi connectivity index (χ0) is 10.0. The van der Waals surface area contributed by atoms with Gasteiger partial charge in [-0.15, -0.1) is 0 Å². The van der Waals surface area contributed by atoms with E-state index in [0.29, 0.717) is 15.2 Å². The van der Waals surface area contributed by atoms with Crippen molar-refractivity contribution in [2.75, 3.05) is 5.73 Å². The van der Waals surface area contributed by atoms with E-state index in [1.165, 1.54) is 18.3 Å². The largest absolute Gasteiger partial charge is 0.456 e. The lowest BCUT2D eigenvalue weighted by atomic mass is 10.3. The van der Waals surface area contributed by atoms with Gasteiger partial charge in [-0.2, -0.15) is 0 Å². The number of carbonyl (C=O) groups is 1. The van der Waals surface area contributed by atoms with Gasteiger partial charge in [0.1, 0.15) is 16.1 Å². The molecule has 0 aromatic carbocycles. The molecule has 0 fully saturated rings. The zero-order valence-corrected chi connectivity index (χ0v) is 8.78. The van der Waals surface area contributed by atoms with Gasteiger partial charge in [0.15, 0.2) is 5.13 Å². The Hall–Kier alpha value is -0.810. The molecule has 1 atom stereocenters. The molecule has 0 bridgehead atoms. The van der Waals surface area contributed by atoms with Crippen LogP contribution >= 0.6 is 22.9 Å². The van der Waals surface area contributed by atoms with E-state index in [1.807, 2.05) is 0 Å². The van der Waals surface area contributed by atoms with Crippen LogP contribution in [0.4, 0.5) is 5.13 Å². The molecule has 1 aromatic rings. The molecule has 0 saturated carbocycles. The average Bonchev–Trinajstić information content (AvgIpc) is 2.28. The summed E-state index contributed by atoms with van der Waals surface area (Å²) in [6.07, 6.45) is -0.446. The van der Waals surface area contributed by atoms with Crippen LogP contribution in [0.2, 0.25) is 4.34 Å². The first-order valence-electron chi connectivity index (χ1n) is 3.59. The molecule has 0 spiro atoms. The van der Waals surface area contributed by atoms with E-state index < -0.39 is 6.10 Å². The third kappa shape index (κ3) is 2.57. The van der Waals surface area contributed by atoms with Crippen LogP contribution in [0.3, 0.4) is 0 Å². The van der Waals surface area contributed by atoms with Gasteiger partial charge in [0.05, 0.1) is 0 Å². The highest BCUT2D eigenvalue weighted by atomic mass is 35.5. The van der Waals surface area contributed by atoms with Gasteiger partial charge in [-0.3, -0.25) is 4.79 Å². The van der Waals surface area contributed by atoms with Gasteiger partial charge in [0.25, 0.3) is 0 Å². The molecule has 1 unspecified atom stereocenters. The van der Waals surface area contributed by atoms with Crippen LogP contribution in [0.15, 0.2) is 0 Å². The number of rotatable bonds is 2. The number of halogens is 1. The Labute approximate surface area is 84.7 Å². The Morgan fingerprint density at radius 3 is 2.77 bits per heavy atom. The molecule has 0 radical (unpaired) electrons. The summed E-state index contributed by atoms with van der Waals surface area (Å²) in [5.41, 5.74) is 5.94. The quantitative estimate of drug-likeness (QED) is 0.775. The van der Waals surface area contributed by atoms with Crippen LogP contribution in [0.5, 0.6) is 0 Å². The Kier molecular flexibility index (Phi) is 3.11. The molecule has 2 N–H and O–H groups in total. The number of nitrogens with two attached hydrogens (primary N) is 1. The zero-order valence-electron chi connectivity index (χ0n) is 7.20. The normalized spacial score (nSPS) is 12.5. The van der Waals surface area contributed by atoms with Crippen molar-refractivity contribution in [1.29, 1.82) is 0 Å². The molecule has 4 nitrogen and oxygen atoms in total. The number of hydrogen-bond acceptors (Lipinski definition) is 5. The highest BCUT2D eigenvalue weighted by Gasteiger charge is 2.16. The summed E-state index contributed by atoms with van der Waals surface area (Å²) in [6.45, 7) is 3.03. The molecular formula is C7H9ClN2O2S. The van der Waals surface area contributed by atoms with Crippen LogP contribution < -0.4 is 5.73 Å². The summed E-state index contributed by atoms with van der Waals surface area (Å²) in [5, 5.41) is 0.374. The number of esters is 1. The number of anilines is 1. The number of carbonyl (C=O) groups excluding carboxylic acids is 1. The van der Waals surface area contributed by atoms with E-state index in [9.17, 15) is 4.79 Å². The summed E-state index contributed by atoms with van der Waals surface area (Å²) in [6, 6.07) is 0. The average molecular weight is 221 g/mol. The maximum Gasteiger partial charge on any atom is 0.303 e. The molecule has 0 aliphatic heterocycles. The molecule has 13 heavy (non-hydrogen) atoms. The molecule has 1 rings (SSSR count). The molecule has 1 aromatic heterocycles. The minimum absolute atomic E-state index is 0.366. The number of nitrogen functional groups attached to an aromatic ring is 1. The predicted molar refractivity (Wildman–Crippen MR) is 51.7 cm³/mol. The number of thiazole rings is 1. The maximum atomic E-state index is 10.6. The number of hydrogen-bond donors (Lipinski definition) is 1. The number of ether oxygens (including phenoxy) is 1. The van der Waals surface area contributed by atoms with E-state index >= 15 is 0 Å². The van der Waals surface area contributed by atoms with Crippen LogP contribution in [-0.4, -0.2) is 11.0 Å². The summed E-state index contributed by atoms with van der Waals surface area (Å²) in [5.74, 6) is -0.366. The van der Waals surface area contributed by atoms with E-state index in [4.69, 9.17) is 22.1 Å². The fourth-order valence-corrected chi connectivity index (χ4v) is 1.96. The van der Waals surface area contributed by atoms with Gasteiger partial charge in [-0.05, 0) is 6.92 Å². The Morgan fingerprint density at radius 2 is 2.38 bits per heavy atom. The lowest BCUT2D eigenvalue weighted by molar-refractivity contribution is -0.145. The summed E-state index contributed by atoms with van der Waals surface area (Å²) < 4.78 is 5.36. The molecule has 0 aliphatic carbocycles. The SMILES string of the molecule is CC(=O)OC(C)c1nc(N)sc1Cl. The highest BCUT2D eigenvalue weighted by Crippen LogP contribution is 2.31. The maximum absolute atomic E-state index is 10.6. The lowest BCUT2D eigenvalue weighted by Crippen LogP contribution is -2.05. The van der Waals surface area contributed by atoms with Crippen LogP contribution in [0.1, 0.15) is 25.6 Å². The Balaban J connectivity index is 2.81. The fourth-order valence-electron chi connectivity index (χ4n) is 0.885. The van der Waals surface area contributed by atoms with Crippen molar-refractivity contribution >= 4 is 34.0 Å². The molecule has 6 heteroatoms. The van der Waals surface area contributed by atoms with Crippen molar-refractivity contribution in [3.8, 4) is 0 Å². The standard InChI is InChI=1S/C7H9ClN2O2S/c1-3(12-4(2)11)5-6(8)13-7(9)10-5/h3H,1-2H3,(H2,9,10). The van der Waals surface area contributed by atoms with Crippen molar-refractivity contribution < 1.29 is 9.53 Å². The van der Waals surface area contributed by atoms with Crippen LogP contribution in [0.25, 0.3) is 0 Å². The molecule has 72 valence electrons. The van der Waals surface area contributed by atoms with Gasteiger partial charge < -0.3 is 10.5 Å². The minimum Gasteiger partial charge on any atom is -0.456 e. The van der Waals surface area contributed by atoms with Gasteiger partial charge in [0.2, 0.25) is 0 Å². The molecule has 0 amide bonds. The lowest BCUT2D eigenvalue weighted by Gasteiger charge is -2.08. The third-order valence-corrected chi connectivity index (χ3v) is 2.47. The third-order valence-electron chi connectivity index (χ3n) is 1.35. The van der Waals surface area contributed by atoms with E-state index in [1.54, 1.807) is 6.92 Å².